The topological polar surface area (TPSA) is 83.3 Å². The number of methoxy groups -OCH3 is 1. The van der Waals surface area contributed by atoms with Gasteiger partial charge in [0.15, 0.2) is 5.65 Å². The molecule has 2 N–H and O–H groups in total. The molecule has 3 aromatic heterocycles. The van der Waals surface area contributed by atoms with E-state index in [1.54, 1.807) is 11.6 Å². The number of hydrogen-bond donors (Lipinski definition) is 1. The summed E-state index contributed by atoms with van der Waals surface area (Å²) < 4.78 is 9.91. The first-order valence-corrected chi connectivity index (χ1v) is 10.9. The molecule has 0 amide bonds. The van der Waals surface area contributed by atoms with E-state index in [-0.39, 0.29) is 0 Å². The number of fused-ring (bicyclic) bond motifs is 1. The Labute approximate surface area is 183 Å². The zero-order valence-corrected chi connectivity index (χ0v) is 18.3. The van der Waals surface area contributed by atoms with Crippen LogP contribution in [0.4, 0.5) is 5.82 Å². The van der Waals surface area contributed by atoms with Gasteiger partial charge in [0.1, 0.15) is 5.82 Å². The average Bonchev–Trinajstić information content (AvgIpc) is 3.44. The lowest BCUT2D eigenvalue weighted by atomic mass is 9.85. The van der Waals surface area contributed by atoms with Crippen LogP contribution in [0.25, 0.3) is 22.5 Å². The van der Waals surface area contributed by atoms with Crippen LogP contribution in [0.3, 0.4) is 0 Å². The van der Waals surface area contributed by atoms with Crippen molar-refractivity contribution in [2.45, 2.75) is 37.7 Å². The Morgan fingerprint density at radius 1 is 1.07 bits per heavy atom. The van der Waals surface area contributed by atoms with Gasteiger partial charge in [-0.2, -0.15) is 14.7 Å². The number of nitrogen functional groups attached to an aromatic ring is 1. The van der Waals surface area contributed by atoms with Crippen LogP contribution >= 0.6 is 15.9 Å². The van der Waals surface area contributed by atoms with Crippen LogP contribution in [0.2, 0.25) is 0 Å². The number of anilines is 1. The first-order valence-electron chi connectivity index (χ1n) is 10.1. The molecule has 154 valence electrons. The molecule has 1 aliphatic carbocycles. The largest absolute Gasteiger partial charge is 0.383 e. The summed E-state index contributed by atoms with van der Waals surface area (Å²) in [4.78, 5) is 5.02. The van der Waals surface area contributed by atoms with E-state index in [1.165, 1.54) is 0 Å². The highest BCUT2D eigenvalue weighted by Gasteiger charge is 2.27. The van der Waals surface area contributed by atoms with Crippen molar-refractivity contribution in [3.8, 4) is 16.8 Å². The molecule has 0 atom stereocenters. The molecule has 8 heteroatoms. The van der Waals surface area contributed by atoms with Gasteiger partial charge in [0.2, 0.25) is 0 Å². The summed E-state index contributed by atoms with van der Waals surface area (Å²) in [5, 5.41) is 9.01. The van der Waals surface area contributed by atoms with Gasteiger partial charge >= 0.3 is 0 Å². The van der Waals surface area contributed by atoms with Crippen molar-refractivity contribution < 1.29 is 4.74 Å². The Bertz CT molecular complexity index is 1180. The lowest BCUT2D eigenvalue weighted by molar-refractivity contribution is 0.0654. The molecule has 3 heterocycles. The molecule has 1 aliphatic rings. The highest BCUT2D eigenvalue weighted by Crippen LogP contribution is 2.39. The number of halogens is 1. The minimum atomic E-state index is 0.343. The van der Waals surface area contributed by atoms with Crippen LogP contribution in [-0.2, 0) is 4.74 Å². The van der Waals surface area contributed by atoms with Crippen LogP contribution in [-0.4, -0.2) is 37.6 Å². The van der Waals surface area contributed by atoms with E-state index in [0.717, 1.165) is 58.3 Å². The van der Waals surface area contributed by atoms with E-state index < -0.39 is 0 Å². The molecule has 1 fully saturated rings. The first kappa shape index (κ1) is 19.3. The first-order chi connectivity index (χ1) is 14.7. The van der Waals surface area contributed by atoms with Crippen LogP contribution in [0.5, 0.6) is 0 Å². The summed E-state index contributed by atoms with van der Waals surface area (Å²) in [5.41, 5.74) is 11.1. The van der Waals surface area contributed by atoms with Crippen molar-refractivity contribution in [1.82, 2.24) is 24.4 Å². The fourth-order valence-corrected chi connectivity index (χ4v) is 4.82. The standard InChI is InChI=1S/C22H23BrN6O/c1-30-17-9-7-14(8-10-17)20-19(23)21(24)29-22(27-20)18(12-26-29)15-11-25-28(13-15)16-5-3-2-4-6-16/h2-6,11-14,17H,7-10,24H2,1H3. The Balaban J connectivity index is 1.55. The number of nitrogens with zero attached hydrogens (tertiary/aromatic N) is 5. The van der Waals surface area contributed by atoms with E-state index >= 15 is 0 Å². The van der Waals surface area contributed by atoms with Gasteiger partial charge in [0.05, 0.1) is 34.4 Å². The third-order valence-corrected chi connectivity index (χ3v) is 6.77. The van der Waals surface area contributed by atoms with E-state index in [4.69, 9.17) is 15.5 Å². The highest BCUT2D eigenvalue weighted by atomic mass is 79.9. The normalized spacial score (nSPS) is 19.4. The lowest BCUT2D eigenvalue weighted by Crippen LogP contribution is -2.20. The molecule has 0 aliphatic heterocycles. The molecule has 0 saturated heterocycles. The fourth-order valence-electron chi connectivity index (χ4n) is 4.24. The summed E-state index contributed by atoms with van der Waals surface area (Å²) in [5.74, 6) is 0.929. The summed E-state index contributed by atoms with van der Waals surface area (Å²) in [6.45, 7) is 0. The number of ether oxygens (including phenoxy) is 1. The molecule has 5 rings (SSSR count). The number of rotatable bonds is 4. The highest BCUT2D eigenvalue weighted by molar-refractivity contribution is 9.10. The van der Waals surface area contributed by atoms with E-state index in [0.29, 0.717) is 17.8 Å². The van der Waals surface area contributed by atoms with Crippen molar-refractivity contribution in [2.75, 3.05) is 12.8 Å². The molecule has 0 radical (unpaired) electrons. The van der Waals surface area contributed by atoms with Crippen molar-refractivity contribution in [2.24, 2.45) is 0 Å². The van der Waals surface area contributed by atoms with Gasteiger partial charge in [-0.25, -0.2) is 9.67 Å². The van der Waals surface area contributed by atoms with E-state index in [1.807, 2.05) is 53.6 Å². The second-order valence-corrected chi connectivity index (χ2v) is 8.50. The minimum Gasteiger partial charge on any atom is -0.383 e. The zero-order valence-electron chi connectivity index (χ0n) is 16.7. The molecule has 0 spiro atoms. The summed E-state index contributed by atoms with van der Waals surface area (Å²) in [7, 11) is 1.79. The summed E-state index contributed by atoms with van der Waals surface area (Å²) >= 11 is 3.67. The number of nitrogens with two attached hydrogens (primary N) is 1. The molecule has 0 bridgehead atoms. The monoisotopic (exact) mass is 466 g/mol. The summed E-state index contributed by atoms with van der Waals surface area (Å²) in [6.07, 6.45) is 10.1. The molecule has 4 aromatic rings. The maximum atomic E-state index is 6.43. The Morgan fingerprint density at radius 2 is 1.83 bits per heavy atom. The van der Waals surface area contributed by atoms with Gasteiger partial charge in [-0.3, -0.25) is 0 Å². The predicted octanol–water partition coefficient (Wildman–Crippen LogP) is 4.60. The Morgan fingerprint density at radius 3 is 2.57 bits per heavy atom. The second-order valence-electron chi connectivity index (χ2n) is 7.71. The zero-order chi connectivity index (χ0) is 20.7. The third kappa shape index (κ3) is 3.30. The number of benzene rings is 1. The van der Waals surface area contributed by atoms with Crippen LogP contribution in [0, 0.1) is 0 Å². The number of hydrogen-bond acceptors (Lipinski definition) is 5. The number of para-hydroxylation sites is 1. The van der Waals surface area contributed by atoms with E-state index in [9.17, 15) is 0 Å². The number of aromatic nitrogens is 5. The Hall–Kier alpha value is -2.71. The molecule has 30 heavy (non-hydrogen) atoms. The summed E-state index contributed by atoms with van der Waals surface area (Å²) in [6, 6.07) is 10.0. The van der Waals surface area contributed by atoms with Crippen molar-refractivity contribution in [3.63, 3.8) is 0 Å². The minimum absolute atomic E-state index is 0.343. The molecule has 1 saturated carbocycles. The van der Waals surface area contributed by atoms with Crippen LogP contribution in [0.1, 0.15) is 37.3 Å². The fraction of sp³-hybridized carbons (Fsp3) is 0.318. The molecular weight excluding hydrogens is 444 g/mol. The van der Waals surface area contributed by atoms with Gasteiger partial charge in [-0.05, 0) is 53.7 Å². The van der Waals surface area contributed by atoms with Gasteiger partial charge in [0, 0.05) is 30.4 Å². The smallest absolute Gasteiger partial charge is 0.165 e. The average molecular weight is 467 g/mol. The van der Waals surface area contributed by atoms with Crippen molar-refractivity contribution in [3.05, 3.63) is 59.1 Å². The second kappa shape index (κ2) is 7.85. The van der Waals surface area contributed by atoms with Crippen molar-refractivity contribution in [1.29, 1.82) is 0 Å². The lowest BCUT2D eigenvalue weighted by Gasteiger charge is -2.28. The maximum Gasteiger partial charge on any atom is 0.165 e. The third-order valence-electron chi connectivity index (χ3n) is 5.96. The van der Waals surface area contributed by atoms with Crippen LogP contribution < -0.4 is 5.73 Å². The van der Waals surface area contributed by atoms with Gasteiger partial charge in [-0.15, -0.1) is 0 Å². The quantitative estimate of drug-likeness (QED) is 0.475. The van der Waals surface area contributed by atoms with Crippen molar-refractivity contribution >= 4 is 27.4 Å². The SMILES string of the molecule is COC1CCC(c2nc3c(-c4cnn(-c5ccccc5)c4)cnn3c(N)c2Br)CC1. The molecule has 0 unspecified atom stereocenters. The molecular formula is C22H23BrN6O. The van der Waals surface area contributed by atoms with Gasteiger partial charge < -0.3 is 10.5 Å². The maximum absolute atomic E-state index is 6.43. The van der Waals surface area contributed by atoms with E-state index in [2.05, 4.69) is 26.1 Å². The van der Waals surface area contributed by atoms with Crippen LogP contribution in [0.15, 0.2) is 53.4 Å². The molecule has 1 aromatic carbocycles. The Kier molecular flexibility index (Phi) is 5.04. The molecule has 7 nitrogen and oxygen atoms in total. The van der Waals surface area contributed by atoms with Gasteiger partial charge in [-0.1, -0.05) is 18.2 Å². The van der Waals surface area contributed by atoms with Gasteiger partial charge in [0.25, 0.3) is 0 Å². The predicted molar refractivity (Wildman–Crippen MR) is 120 cm³/mol.